The number of anilines is 2. The third-order valence-corrected chi connectivity index (χ3v) is 4.05. The van der Waals surface area contributed by atoms with Crippen LogP contribution in [0.2, 0.25) is 0 Å². The number of thioether (sulfide) groups is 1. The van der Waals surface area contributed by atoms with Crippen LogP contribution in [0.4, 0.5) is 11.5 Å². The molecule has 1 aliphatic heterocycles. The molecule has 0 aliphatic carbocycles. The zero-order valence-corrected chi connectivity index (χ0v) is 11.9. The Morgan fingerprint density at radius 2 is 2.06 bits per heavy atom. The molecule has 2 N–H and O–H groups in total. The first-order valence-electron chi connectivity index (χ1n) is 6.25. The van der Waals surface area contributed by atoms with Crippen molar-refractivity contribution in [2.75, 3.05) is 30.3 Å². The molecule has 1 aliphatic rings. The smallest absolute Gasteiger partial charge is 0.242 e. The van der Waals surface area contributed by atoms with Gasteiger partial charge in [-0.3, -0.25) is 0 Å². The summed E-state index contributed by atoms with van der Waals surface area (Å²) in [6.45, 7) is 8.86. The Morgan fingerprint density at radius 1 is 1.39 bits per heavy atom. The second kappa shape index (κ2) is 5.65. The van der Waals surface area contributed by atoms with Crippen LogP contribution in [-0.4, -0.2) is 40.2 Å². The Bertz CT molecular complexity index is 405. The van der Waals surface area contributed by atoms with Gasteiger partial charge in [0.15, 0.2) is 5.82 Å². The summed E-state index contributed by atoms with van der Waals surface area (Å²) in [6.07, 6.45) is 1.52. The summed E-state index contributed by atoms with van der Waals surface area (Å²) in [5.41, 5.74) is 6.64. The van der Waals surface area contributed by atoms with Crippen LogP contribution < -0.4 is 15.4 Å². The Labute approximate surface area is 112 Å². The lowest BCUT2D eigenvalue weighted by atomic mass is 10.3. The molecule has 100 valence electrons. The molecule has 2 atom stereocenters. The van der Waals surface area contributed by atoms with Gasteiger partial charge in [0.25, 0.3) is 0 Å². The van der Waals surface area contributed by atoms with E-state index in [0.29, 0.717) is 28.7 Å². The summed E-state index contributed by atoms with van der Waals surface area (Å²) in [4.78, 5) is 10.6. The molecule has 1 fully saturated rings. The first-order valence-corrected chi connectivity index (χ1v) is 7.19. The first-order chi connectivity index (χ1) is 8.61. The minimum absolute atomic E-state index is 0.487. The van der Waals surface area contributed by atoms with Crippen LogP contribution in [0.5, 0.6) is 5.88 Å². The molecule has 0 radical (unpaired) electrons. The number of hydrogen-bond donors (Lipinski definition) is 1. The van der Waals surface area contributed by atoms with Crippen molar-refractivity contribution in [3.05, 3.63) is 6.33 Å². The molecular formula is C12H20N4OS. The Morgan fingerprint density at radius 3 is 2.67 bits per heavy atom. The first kappa shape index (κ1) is 13.3. The third-order valence-electron chi connectivity index (χ3n) is 2.83. The zero-order valence-electron chi connectivity index (χ0n) is 11.1. The van der Waals surface area contributed by atoms with Crippen LogP contribution >= 0.6 is 11.8 Å². The van der Waals surface area contributed by atoms with Crippen LogP contribution in [0.25, 0.3) is 0 Å². The lowest BCUT2D eigenvalue weighted by Crippen LogP contribution is -2.41. The van der Waals surface area contributed by atoms with E-state index in [1.165, 1.54) is 6.33 Å². The fourth-order valence-electron chi connectivity index (χ4n) is 2.23. The molecule has 1 saturated heterocycles. The molecule has 5 nitrogen and oxygen atoms in total. The topological polar surface area (TPSA) is 64.3 Å². The van der Waals surface area contributed by atoms with E-state index in [9.17, 15) is 0 Å². The average Bonchev–Trinajstić information content (AvgIpc) is 2.31. The number of ether oxygens (including phenoxy) is 1. The summed E-state index contributed by atoms with van der Waals surface area (Å²) < 4.78 is 5.41. The van der Waals surface area contributed by atoms with E-state index in [2.05, 4.69) is 28.7 Å². The molecule has 1 aromatic rings. The second-order valence-electron chi connectivity index (χ2n) is 4.51. The van der Waals surface area contributed by atoms with E-state index in [1.807, 2.05) is 18.7 Å². The Kier molecular flexibility index (Phi) is 4.16. The maximum Gasteiger partial charge on any atom is 0.242 e. The molecule has 0 saturated carbocycles. The number of hydrogen-bond acceptors (Lipinski definition) is 6. The standard InChI is InChI=1S/C12H20N4OS/c1-4-17-12-10(13)11(14-7-15-12)16-5-8(2)18-9(3)6-16/h7-9H,4-6,13H2,1-3H3. The largest absolute Gasteiger partial charge is 0.476 e. The van der Waals surface area contributed by atoms with Gasteiger partial charge in [0.2, 0.25) is 5.88 Å². The minimum atomic E-state index is 0.487. The molecule has 0 aromatic carbocycles. The van der Waals surface area contributed by atoms with Crippen LogP contribution in [0.3, 0.4) is 0 Å². The van der Waals surface area contributed by atoms with Crippen molar-refractivity contribution in [1.29, 1.82) is 0 Å². The summed E-state index contributed by atoms with van der Waals surface area (Å²) in [5.74, 6) is 1.29. The Hall–Kier alpha value is -1.17. The molecule has 2 unspecified atom stereocenters. The van der Waals surface area contributed by atoms with E-state index in [0.717, 1.165) is 18.9 Å². The summed E-state index contributed by atoms with van der Waals surface area (Å²) in [5, 5.41) is 1.16. The van der Waals surface area contributed by atoms with E-state index in [-0.39, 0.29) is 0 Å². The molecule has 0 amide bonds. The average molecular weight is 268 g/mol. The highest BCUT2D eigenvalue weighted by atomic mass is 32.2. The third kappa shape index (κ3) is 2.80. The molecular weight excluding hydrogens is 248 g/mol. The molecule has 0 bridgehead atoms. The van der Waals surface area contributed by atoms with Gasteiger partial charge >= 0.3 is 0 Å². The quantitative estimate of drug-likeness (QED) is 0.901. The van der Waals surface area contributed by atoms with Gasteiger partial charge in [0, 0.05) is 23.6 Å². The van der Waals surface area contributed by atoms with Crippen LogP contribution in [0.1, 0.15) is 20.8 Å². The highest BCUT2D eigenvalue weighted by Gasteiger charge is 2.25. The lowest BCUT2D eigenvalue weighted by molar-refractivity contribution is 0.328. The highest BCUT2D eigenvalue weighted by Crippen LogP contribution is 2.33. The van der Waals surface area contributed by atoms with E-state index in [4.69, 9.17) is 10.5 Å². The predicted octanol–water partition coefficient (Wildman–Crippen LogP) is 1.79. The monoisotopic (exact) mass is 268 g/mol. The molecule has 1 aromatic heterocycles. The minimum Gasteiger partial charge on any atom is -0.476 e. The van der Waals surface area contributed by atoms with Gasteiger partial charge in [-0.1, -0.05) is 13.8 Å². The van der Waals surface area contributed by atoms with Gasteiger partial charge in [0.05, 0.1) is 6.61 Å². The number of rotatable bonds is 3. The maximum absolute atomic E-state index is 6.09. The summed E-state index contributed by atoms with van der Waals surface area (Å²) in [7, 11) is 0. The lowest BCUT2D eigenvalue weighted by Gasteiger charge is -2.35. The van der Waals surface area contributed by atoms with Gasteiger partial charge in [-0.25, -0.2) is 4.98 Å². The molecule has 0 spiro atoms. The van der Waals surface area contributed by atoms with E-state index in [1.54, 1.807) is 0 Å². The highest BCUT2D eigenvalue weighted by molar-refractivity contribution is 8.00. The number of nitrogens with zero attached hydrogens (tertiary/aromatic N) is 3. The molecule has 2 heterocycles. The van der Waals surface area contributed by atoms with Crippen LogP contribution in [-0.2, 0) is 0 Å². The predicted molar refractivity (Wildman–Crippen MR) is 76.3 cm³/mol. The van der Waals surface area contributed by atoms with Crippen molar-refractivity contribution in [1.82, 2.24) is 9.97 Å². The summed E-state index contributed by atoms with van der Waals surface area (Å²) in [6, 6.07) is 0. The van der Waals surface area contributed by atoms with Gasteiger partial charge in [-0.05, 0) is 6.92 Å². The summed E-state index contributed by atoms with van der Waals surface area (Å²) >= 11 is 2.00. The molecule has 2 rings (SSSR count). The van der Waals surface area contributed by atoms with Crippen LogP contribution in [0.15, 0.2) is 6.33 Å². The SMILES string of the molecule is CCOc1ncnc(N2CC(C)SC(C)C2)c1N. The van der Waals surface area contributed by atoms with Crippen molar-refractivity contribution in [2.45, 2.75) is 31.3 Å². The second-order valence-corrected chi connectivity index (χ2v) is 6.39. The number of nitrogen functional groups attached to an aromatic ring is 1. The Balaban J connectivity index is 2.24. The fourth-order valence-corrected chi connectivity index (χ4v) is 3.55. The van der Waals surface area contributed by atoms with Crippen LogP contribution in [0, 0.1) is 0 Å². The van der Waals surface area contributed by atoms with E-state index >= 15 is 0 Å². The maximum atomic E-state index is 6.09. The number of aromatic nitrogens is 2. The van der Waals surface area contributed by atoms with Crippen molar-refractivity contribution in [3.8, 4) is 5.88 Å². The van der Waals surface area contributed by atoms with E-state index < -0.39 is 0 Å². The van der Waals surface area contributed by atoms with Crippen molar-refractivity contribution in [3.63, 3.8) is 0 Å². The molecule has 6 heteroatoms. The van der Waals surface area contributed by atoms with Gasteiger partial charge < -0.3 is 15.4 Å². The zero-order chi connectivity index (χ0) is 13.1. The van der Waals surface area contributed by atoms with Gasteiger partial charge in [-0.2, -0.15) is 16.7 Å². The van der Waals surface area contributed by atoms with Crippen molar-refractivity contribution in [2.24, 2.45) is 0 Å². The van der Waals surface area contributed by atoms with Crippen molar-refractivity contribution < 1.29 is 4.74 Å². The van der Waals surface area contributed by atoms with Crippen molar-refractivity contribution >= 4 is 23.3 Å². The number of nitrogens with two attached hydrogens (primary N) is 1. The molecule has 18 heavy (non-hydrogen) atoms. The fraction of sp³-hybridized carbons (Fsp3) is 0.667. The normalized spacial score (nSPS) is 24.1. The van der Waals surface area contributed by atoms with Gasteiger partial charge in [-0.15, -0.1) is 0 Å². The van der Waals surface area contributed by atoms with Gasteiger partial charge in [0.1, 0.15) is 12.0 Å².